The first-order valence-corrected chi connectivity index (χ1v) is 12.2. The quantitative estimate of drug-likeness (QED) is 0.501. The molecule has 0 saturated carbocycles. The fraction of sp³-hybridized carbons (Fsp3) is 0.364. The van der Waals surface area contributed by atoms with Crippen LogP contribution in [0.4, 0.5) is 5.69 Å². The van der Waals surface area contributed by atoms with E-state index in [1.165, 1.54) is 41.9 Å². The molecule has 12 heteroatoms. The highest BCUT2D eigenvalue weighted by Crippen LogP contribution is 2.31. The first-order chi connectivity index (χ1) is 16.3. The Bertz CT molecular complexity index is 1330. The third-order valence-corrected chi connectivity index (χ3v) is 7.44. The van der Waals surface area contributed by atoms with Gasteiger partial charge in [-0.15, -0.1) is 10.2 Å². The minimum Gasteiger partial charge on any atom is -0.495 e. The number of anilines is 1. The summed E-state index contributed by atoms with van der Waals surface area (Å²) < 4.78 is 39.7. The molecule has 3 heterocycles. The molecule has 1 aliphatic heterocycles. The summed E-state index contributed by atoms with van der Waals surface area (Å²) in [7, 11) is -2.39. The van der Waals surface area contributed by atoms with E-state index in [-0.39, 0.29) is 21.9 Å². The standard InChI is InChI=1S/C22H25N5O6S/c1-15-24-25-20-9-6-16(13-27(15)20)22(29)33-14-21(28)23-17-7-8-18(32-2)19(12-17)34(30,31)26-10-4-3-5-11-26/h6-9,12-13H,3-5,10-11,14H2,1-2H3,(H,23,28). The number of methoxy groups -OCH3 is 1. The lowest BCUT2D eigenvalue weighted by Gasteiger charge is -2.26. The number of carbonyl (C=O) groups is 2. The van der Waals surface area contributed by atoms with Gasteiger partial charge in [-0.25, -0.2) is 13.2 Å². The highest BCUT2D eigenvalue weighted by Gasteiger charge is 2.29. The van der Waals surface area contributed by atoms with Crippen LogP contribution in [-0.4, -0.2) is 66.0 Å². The van der Waals surface area contributed by atoms with Crippen molar-refractivity contribution in [2.75, 3.05) is 32.1 Å². The molecule has 4 rings (SSSR count). The molecule has 180 valence electrons. The van der Waals surface area contributed by atoms with E-state index < -0.39 is 28.5 Å². The van der Waals surface area contributed by atoms with E-state index in [1.54, 1.807) is 17.4 Å². The van der Waals surface area contributed by atoms with Crippen LogP contribution in [0.25, 0.3) is 5.65 Å². The molecule has 0 bridgehead atoms. The molecule has 0 unspecified atom stereocenters. The number of aromatic nitrogens is 3. The number of ether oxygens (including phenoxy) is 2. The molecule has 1 aliphatic rings. The van der Waals surface area contributed by atoms with E-state index in [0.29, 0.717) is 24.6 Å². The van der Waals surface area contributed by atoms with Gasteiger partial charge in [0.25, 0.3) is 5.91 Å². The van der Waals surface area contributed by atoms with Crippen molar-refractivity contribution < 1.29 is 27.5 Å². The van der Waals surface area contributed by atoms with Gasteiger partial charge < -0.3 is 14.8 Å². The van der Waals surface area contributed by atoms with Crippen LogP contribution < -0.4 is 10.1 Å². The van der Waals surface area contributed by atoms with Gasteiger partial charge in [-0.3, -0.25) is 9.20 Å². The van der Waals surface area contributed by atoms with Gasteiger partial charge in [-0.1, -0.05) is 6.42 Å². The summed E-state index contributed by atoms with van der Waals surface area (Å²) >= 11 is 0. The first kappa shape index (κ1) is 23.6. The van der Waals surface area contributed by atoms with Crippen molar-refractivity contribution in [1.29, 1.82) is 0 Å². The summed E-state index contributed by atoms with van der Waals surface area (Å²) in [6.45, 7) is 2.09. The van der Waals surface area contributed by atoms with Crippen LogP contribution in [0, 0.1) is 6.92 Å². The first-order valence-electron chi connectivity index (χ1n) is 10.8. The maximum Gasteiger partial charge on any atom is 0.340 e. The summed E-state index contributed by atoms with van der Waals surface area (Å²) in [6, 6.07) is 7.51. The molecule has 0 spiro atoms. The third-order valence-electron chi connectivity index (χ3n) is 5.52. The number of carbonyl (C=O) groups excluding carboxylic acids is 2. The van der Waals surface area contributed by atoms with Crippen molar-refractivity contribution in [3.05, 3.63) is 47.9 Å². The molecular formula is C22H25N5O6S. The second kappa shape index (κ2) is 9.77. The van der Waals surface area contributed by atoms with Crippen LogP contribution >= 0.6 is 0 Å². The number of amides is 1. The number of rotatable bonds is 7. The largest absolute Gasteiger partial charge is 0.495 e. The topological polar surface area (TPSA) is 132 Å². The van der Waals surface area contributed by atoms with Gasteiger partial charge in [0.2, 0.25) is 10.0 Å². The van der Waals surface area contributed by atoms with Crippen LogP contribution in [0.3, 0.4) is 0 Å². The Balaban J connectivity index is 1.43. The third kappa shape index (κ3) is 4.87. The van der Waals surface area contributed by atoms with Gasteiger partial charge in [0.05, 0.1) is 12.7 Å². The van der Waals surface area contributed by atoms with Crippen LogP contribution in [0.2, 0.25) is 0 Å². The second-order valence-electron chi connectivity index (χ2n) is 7.85. The SMILES string of the molecule is COc1ccc(NC(=O)COC(=O)c2ccc3nnc(C)n3c2)cc1S(=O)(=O)N1CCCCC1. The van der Waals surface area contributed by atoms with E-state index in [9.17, 15) is 18.0 Å². The van der Waals surface area contributed by atoms with Gasteiger partial charge in [-0.2, -0.15) is 4.31 Å². The molecule has 1 aromatic carbocycles. The smallest absolute Gasteiger partial charge is 0.340 e. The maximum absolute atomic E-state index is 13.1. The summed E-state index contributed by atoms with van der Waals surface area (Å²) in [5, 5.41) is 10.4. The van der Waals surface area contributed by atoms with Crippen LogP contribution in [-0.2, 0) is 19.6 Å². The van der Waals surface area contributed by atoms with Crippen LogP contribution in [0.15, 0.2) is 41.4 Å². The molecule has 0 atom stereocenters. The molecule has 1 N–H and O–H groups in total. The molecule has 1 fully saturated rings. The fourth-order valence-electron chi connectivity index (χ4n) is 3.74. The number of benzene rings is 1. The Kier molecular flexibility index (Phi) is 6.80. The van der Waals surface area contributed by atoms with Gasteiger partial charge >= 0.3 is 5.97 Å². The van der Waals surface area contributed by atoms with Crippen molar-refractivity contribution in [2.24, 2.45) is 0 Å². The number of aryl methyl sites for hydroxylation is 1. The van der Waals surface area contributed by atoms with E-state index in [1.807, 2.05) is 0 Å². The van der Waals surface area contributed by atoms with E-state index in [0.717, 1.165) is 19.3 Å². The summed E-state index contributed by atoms with van der Waals surface area (Å²) in [5.41, 5.74) is 1.07. The molecule has 1 saturated heterocycles. The van der Waals surface area contributed by atoms with Gasteiger partial charge in [0, 0.05) is 25.0 Å². The van der Waals surface area contributed by atoms with Crippen molar-refractivity contribution in [1.82, 2.24) is 18.9 Å². The lowest BCUT2D eigenvalue weighted by Crippen LogP contribution is -2.35. The molecule has 34 heavy (non-hydrogen) atoms. The zero-order valence-corrected chi connectivity index (χ0v) is 19.7. The summed E-state index contributed by atoms with van der Waals surface area (Å²) in [4.78, 5) is 24.7. The number of sulfonamides is 1. The number of nitrogens with one attached hydrogen (secondary N) is 1. The number of esters is 1. The minimum absolute atomic E-state index is 0.0238. The zero-order valence-electron chi connectivity index (χ0n) is 18.9. The lowest BCUT2D eigenvalue weighted by atomic mass is 10.2. The van der Waals surface area contributed by atoms with Crippen molar-refractivity contribution >= 4 is 33.2 Å². The van der Waals surface area contributed by atoms with Crippen LogP contribution in [0.5, 0.6) is 5.75 Å². The minimum atomic E-state index is -3.78. The van der Waals surface area contributed by atoms with E-state index in [4.69, 9.17) is 9.47 Å². The predicted octanol–water partition coefficient (Wildman–Crippen LogP) is 2.02. The summed E-state index contributed by atoms with van der Waals surface area (Å²) in [6.07, 6.45) is 4.12. The fourth-order valence-corrected chi connectivity index (χ4v) is 5.44. The Morgan fingerprint density at radius 2 is 1.85 bits per heavy atom. The highest BCUT2D eigenvalue weighted by atomic mass is 32.2. The Morgan fingerprint density at radius 1 is 1.09 bits per heavy atom. The summed E-state index contributed by atoms with van der Waals surface area (Å²) in [5.74, 6) is -0.499. The van der Waals surface area contributed by atoms with Gasteiger partial charge in [0.15, 0.2) is 12.3 Å². The van der Waals surface area contributed by atoms with E-state index in [2.05, 4.69) is 15.5 Å². The number of hydrogen-bond acceptors (Lipinski definition) is 8. The Morgan fingerprint density at radius 3 is 2.59 bits per heavy atom. The monoisotopic (exact) mass is 487 g/mol. The average molecular weight is 488 g/mol. The normalized spacial score (nSPS) is 14.6. The molecule has 0 aliphatic carbocycles. The molecule has 11 nitrogen and oxygen atoms in total. The molecule has 3 aromatic rings. The second-order valence-corrected chi connectivity index (χ2v) is 9.75. The molecule has 0 radical (unpaired) electrons. The lowest BCUT2D eigenvalue weighted by molar-refractivity contribution is -0.119. The molecular weight excluding hydrogens is 462 g/mol. The number of pyridine rings is 1. The molecule has 2 aromatic heterocycles. The van der Waals surface area contributed by atoms with Crippen LogP contribution in [0.1, 0.15) is 35.4 Å². The zero-order chi connectivity index (χ0) is 24.3. The molecule has 1 amide bonds. The number of piperidine rings is 1. The van der Waals surface area contributed by atoms with E-state index >= 15 is 0 Å². The Labute approximate surface area is 196 Å². The highest BCUT2D eigenvalue weighted by molar-refractivity contribution is 7.89. The van der Waals surface area contributed by atoms with Crippen molar-refractivity contribution in [3.8, 4) is 5.75 Å². The van der Waals surface area contributed by atoms with Crippen molar-refractivity contribution in [2.45, 2.75) is 31.1 Å². The Hall–Kier alpha value is -3.51. The number of nitrogens with zero attached hydrogens (tertiary/aromatic N) is 4. The number of hydrogen-bond donors (Lipinski definition) is 1. The average Bonchev–Trinajstić information content (AvgIpc) is 3.23. The van der Waals surface area contributed by atoms with Crippen molar-refractivity contribution in [3.63, 3.8) is 0 Å². The van der Waals surface area contributed by atoms with Gasteiger partial charge in [-0.05, 0) is 50.1 Å². The van der Waals surface area contributed by atoms with Gasteiger partial charge in [0.1, 0.15) is 16.5 Å². The number of fused-ring (bicyclic) bond motifs is 1. The predicted molar refractivity (Wildman–Crippen MR) is 122 cm³/mol. The maximum atomic E-state index is 13.1.